The molecule has 0 atom stereocenters. The Balaban J connectivity index is 2.07. The molecule has 1 aromatic heterocycles. The van der Waals surface area contributed by atoms with E-state index in [1.807, 2.05) is 30.8 Å². The number of pyridine rings is 1. The molecule has 0 spiro atoms. The van der Waals surface area contributed by atoms with Gasteiger partial charge in [-0.05, 0) is 35.8 Å². The molecule has 3 nitrogen and oxygen atoms in total. The van der Waals surface area contributed by atoms with Crippen molar-refractivity contribution in [2.45, 2.75) is 13.3 Å². The van der Waals surface area contributed by atoms with Crippen molar-refractivity contribution < 1.29 is 0 Å². The molecule has 4 rings (SSSR count). The van der Waals surface area contributed by atoms with Crippen LogP contribution in [0.25, 0.3) is 16.7 Å². The molecule has 0 N–H and O–H groups in total. The van der Waals surface area contributed by atoms with E-state index in [9.17, 15) is 0 Å². The molecular weight excluding hydrogens is 258 g/mol. The van der Waals surface area contributed by atoms with E-state index >= 15 is 0 Å². The third-order valence-electron chi connectivity index (χ3n) is 4.06. The zero-order valence-electron chi connectivity index (χ0n) is 11.9. The van der Waals surface area contributed by atoms with Crippen LogP contribution in [0.5, 0.6) is 0 Å². The quantitative estimate of drug-likeness (QED) is 0.825. The van der Waals surface area contributed by atoms with Crippen LogP contribution in [0, 0.1) is 0 Å². The van der Waals surface area contributed by atoms with Crippen molar-refractivity contribution in [3.8, 4) is 11.1 Å². The maximum atomic E-state index is 4.73. The Bertz CT molecular complexity index is 890. The van der Waals surface area contributed by atoms with Crippen molar-refractivity contribution >= 4 is 11.8 Å². The summed E-state index contributed by atoms with van der Waals surface area (Å²) in [6.07, 6.45) is 8.56. The highest BCUT2D eigenvalue weighted by molar-refractivity contribution is 5.85. The minimum atomic E-state index is 0.728. The summed E-state index contributed by atoms with van der Waals surface area (Å²) in [6, 6.07) is 8.37. The Morgan fingerprint density at radius 1 is 1.19 bits per heavy atom. The second kappa shape index (κ2) is 4.77. The molecule has 102 valence electrons. The van der Waals surface area contributed by atoms with E-state index in [-0.39, 0.29) is 0 Å². The highest BCUT2D eigenvalue weighted by Crippen LogP contribution is 2.23. The van der Waals surface area contributed by atoms with Crippen molar-refractivity contribution in [3.63, 3.8) is 0 Å². The molecule has 0 amide bonds. The highest BCUT2D eigenvalue weighted by atomic mass is 14.8. The number of allylic oxidation sites excluding steroid dienone is 1. The molecule has 0 fully saturated rings. The second-order valence-electron chi connectivity index (χ2n) is 5.21. The van der Waals surface area contributed by atoms with E-state index in [0.717, 1.165) is 29.6 Å². The zero-order valence-corrected chi connectivity index (χ0v) is 11.9. The number of fused-ring (bicyclic) bond motifs is 2. The van der Waals surface area contributed by atoms with Crippen molar-refractivity contribution in [1.82, 2.24) is 4.98 Å². The van der Waals surface area contributed by atoms with Gasteiger partial charge in [-0.25, -0.2) is 4.99 Å². The molecule has 0 radical (unpaired) electrons. The summed E-state index contributed by atoms with van der Waals surface area (Å²) in [4.78, 5) is 13.4. The Kier molecular flexibility index (Phi) is 2.78. The molecule has 1 aromatic carbocycles. The Hall–Kier alpha value is -2.55. The van der Waals surface area contributed by atoms with Crippen molar-refractivity contribution in [2.75, 3.05) is 6.54 Å². The first-order valence-electron chi connectivity index (χ1n) is 7.23. The van der Waals surface area contributed by atoms with Crippen LogP contribution in [0.2, 0.25) is 0 Å². The topological polar surface area (TPSA) is 37.6 Å². The molecule has 0 aliphatic carbocycles. The summed E-state index contributed by atoms with van der Waals surface area (Å²) in [5.41, 5.74) is 6.09. The van der Waals surface area contributed by atoms with Gasteiger partial charge in [0.25, 0.3) is 0 Å². The lowest BCUT2D eigenvalue weighted by molar-refractivity contribution is 1.10. The van der Waals surface area contributed by atoms with Gasteiger partial charge < -0.3 is 0 Å². The molecule has 0 saturated heterocycles. The number of rotatable bonds is 2. The number of dihydropyridines is 1. The van der Waals surface area contributed by atoms with Crippen LogP contribution in [0.15, 0.2) is 58.4 Å². The van der Waals surface area contributed by atoms with Gasteiger partial charge in [0.05, 0.1) is 17.6 Å². The predicted octanol–water partition coefficient (Wildman–Crippen LogP) is 2.06. The van der Waals surface area contributed by atoms with Gasteiger partial charge in [-0.1, -0.05) is 19.1 Å². The van der Waals surface area contributed by atoms with Crippen LogP contribution in [0.4, 0.5) is 0 Å². The van der Waals surface area contributed by atoms with Gasteiger partial charge in [-0.2, -0.15) is 0 Å². The summed E-state index contributed by atoms with van der Waals surface area (Å²) in [7, 11) is 0. The van der Waals surface area contributed by atoms with Crippen molar-refractivity contribution in [3.05, 3.63) is 64.6 Å². The van der Waals surface area contributed by atoms with Crippen LogP contribution < -0.4 is 10.6 Å². The SMILES string of the molecule is CCc1c(-c2cccnc2)ccc2c1=C1CN=CC=C1N=2. The number of hydrogen-bond donors (Lipinski definition) is 0. The molecule has 0 bridgehead atoms. The number of hydrogen-bond acceptors (Lipinski definition) is 3. The first kappa shape index (κ1) is 12.2. The minimum Gasteiger partial charge on any atom is -0.288 e. The molecule has 21 heavy (non-hydrogen) atoms. The molecule has 2 aliphatic heterocycles. The van der Waals surface area contributed by atoms with E-state index in [2.05, 4.69) is 35.1 Å². The Morgan fingerprint density at radius 3 is 2.95 bits per heavy atom. The highest BCUT2D eigenvalue weighted by Gasteiger charge is 2.18. The minimum absolute atomic E-state index is 0.728. The van der Waals surface area contributed by atoms with Crippen LogP contribution in [0.3, 0.4) is 0 Å². The Morgan fingerprint density at radius 2 is 2.14 bits per heavy atom. The third kappa shape index (κ3) is 1.85. The number of benzene rings is 1. The molecule has 2 aliphatic rings. The van der Waals surface area contributed by atoms with E-state index in [0.29, 0.717) is 0 Å². The number of nitrogens with zero attached hydrogens (tertiary/aromatic N) is 3. The molecular formula is C18H15N3. The van der Waals surface area contributed by atoms with E-state index in [4.69, 9.17) is 4.99 Å². The average Bonchev–Trinajstić information content (AvgIpc) is 2.93. The molecule has 2 aromatic rings. The van der Waals surface area contributed by atoms with Gasteiger partial charge in [-0.15, -0.1) is 0 Å². The first-order chi connectivity index (χ1) is 10.4. The second-order valence-corrected chi connectivity index (χ2v) is 5.21. The van der Waals surface area contributed by atoms with Crippen LogP contribution in [-0.2, 0) is 6.42 Å². The van der Waals surface area contributed by atoms with Crippen molar-refractivity contribution in [2.24, 2.45) is 9.98 Å². The fraction of sp³-hybridized carbons (Fsp3) is 0.167. The first-order valence-corrected chi connectivity index (χ1v) is 7.23. The number of aliphatic imine (C=N–C) groups is 1. The Labute approximate surface area is 123 Å². The smallest absolute Gasteiger partial charge is 0.0716 e. The lowest BCUT2D eigenvalue weighted by Gasteiger charge is -2.10. The largest absolute Gasteiger partial charge is 0.288 e. The maximum Gasteiger partial charge on any atom is 0.0716 e. The molecule has 0 unspecified atom stereocenters. The maximum absolute atomic E-state index is 4.73. The molecule has 3 heteroatoms. The van der Waals surface area contributed by atoms with Crippen LogP contribution in [0.1, 0.15) is 12.5 Å². The van der Waals surface area contributed by atoms with Gasteiger partial charge in [0.15, 0.2) is 0 Å². The van der Waals surface area contributed by atoms with E-state index in [1.165, 1.54) is 21.9 Å². The summed E-state index contributed by atoms with van der Waals surface area (Å²) in [6.45, 7) is 2.93. The van der Waals surface area contributed by atoms with Gasteiger partial charge in [0.2, 0.25) is 0 Å². The van der Waals surface area contributed by atoms with Crippen LogP contribution in [-0.4, -0.2) is 17.7 Å². The summed E-state index contributed by atoms with van der Waals surface area (Å²) in [5.74, 6) is 0. The summed E-state index contributed by atoms with van der Waals surface area (Å²) < 4.78 is 0. The van der Waals surface area contributed by atoms with Gasteiger partial charge in [0.1, 0.15) is 0 Å². The average molecular weight is 273 g/mol. The molecule has 0 saturated carbocycles. The van der Waals surface area contributed by atoms with Crippen molar-refractivity contribution in [1.29, 1.82) is 0 Å². The van der Waals surface area contributed by atoms with E-state index < -0.39 is 0 Å². The predicted molar refractivity (Wildman–Crippen MR) is 84.7 cm³/mol. The third-order valence-corrected chi connectivity index (χ3v) is 4.06. The summed E-state index contributed by atoms with van der Waals surface area (Å²) >= 11 is 0. The van der Waals surface area contributed by atoms with Gasteiger partial charge in [0, 0.05) is 35.0 Å². The lowest BCUT2D eigenvalue weighted by atomic mass is 9.95. The lowest BCUT2D eigenvalue weighted by Crippen LogP contribution is -2.29. The normalized spacial score (nSPS) is 15.3. The van der Waals surface area contributed by atoms with E-state index in [1.54, 1.807) is 0 Å². The monoisotopic (exact) mass is 273 g/mol. The van der Waals surface area contributed by atoms with Crippen LogP contribution >= 0.6 is 0 Å². The van der Waals surface area contributed by atoms with Gasteiger partial charge in [-0.3, -0.25) is 9.98 Å². The van der Waals surface area contributed by atoms with Gasteiger partial charge >= 0.3 is 0 Å². The molecule has 3 heterocycles. The number of aromatic nitrogens is 1. The fourth-order valence-electron chi connectivity index (χ4n) is 3.12. The fourth-order valence-corrected chi connectivity index (χ4v) is 3.12. The zero-order chi connectivity index (χ0) is 14.2. The standard InChI is InChI=1S/C18H15N3/c1-2-13-14(12-4-3-8-19-10-12)5-6-17-18(13)15-11-20-9-7-16(15)21-17/h3-10H,2,11H2,1H3. The summed E-state index contributed by atoms with van der Waals surface area (Å²) in [5, 5.41) is 2.35.